The molecule has 1 aliphatic heterocycles. The van der Waals surface area contributed by atoms with E-state index in [1.807, 2.05) is 37.3 Å². The van der Waals surface area contributed by atoms with E-state index in [1.165, 1.54) is 11.3 Å². The van der Waals surface area contributed by atoms with Gasteiger partial charge in [-0.25, -0.2) is 14.7 Å². The fourth-order valence-corrected chi connectivity index (χ4v) is 3.07. The SMILES string of the molecule is CCC1(c2ccccc2)NC(=O)N(c2nccs2)C1=O. The van der Waals surface area contributed by atoms with Crippen LogP contribution in [0.4, 0.5) is 9.93 Å². The van der Waals surface area contributed by atoms with Gasteiger partial charge < -0.3 is 5.32 Å². The summed E-state index contributed by atoms with van der Waals surface area (Å²) in [6, 6.07) is 8.89. The lowest BCUT2D eigenvalue weighted by Crippen LogP contribution is -2.43. The Bertz CT molecular complexity index is 642. The molecule has 1 N–H and O–H groups in total. The molecule has 1 aliphatic rings. The molecule has 5 nitrogen and oxygen atoms in total. The highest BCUT2D eigenvalue weighted by Crippen LogP contribution is 2.35. The van der Waals surface area contributed by atoms with E-state index >= 15 is 0 Å². The topological polar surface area (TPSA) is 62.3 Å². The lowest BCUT2D eigenvalue weighted by atomic mass is 9.87. The number of amides is 3. The molecule has 2 aromatic rings. The summed E-state index contributed by atoms with van der Waals surface area (Å²) in [4.78, 5) is 30.2. The maximum Gasteiger partial charge on any atom is 0.331 e. The average molecular weight is 287 g/mol. The second-order valence-corrected chi connectivity index (χ2v) is 5.38. The van der Waals surface area contributed by atoms with Gasteiger partial charge >= 0.3 is 6.03 Å². The zero-order valence-corrected chi connectivity index (χ0v) is 11.7. The highest BCUT2D eigenvalue weighted by molar-refractivity contribution is 7.14. The Morgan fingerprint density at radius 3 is 2.65 bits per heavy atom. The molecule has 3 amide bonds. The molecule has 3 rings (SSSR count). The Labute approximate surface area is 120 Å². The lowest BCUT2D eigenvalue weighted by molar-refractivity contribution is -0.122. The number of urea groups is 1. The summed E-state index contributed by atoms with van der Waals surface area (Å²) < 4.78 is 0. The summed E-state index contributed by atoms with van der Waals surface area (Å²) in [7, 11) is 0. The molecule has 102 valence electrons. The zero-order chi connectivity index (χ0) is 14.2. The zero-order valence-electron chi connectivity index (χ0n) is 10.9. The molecular formula is C14H13N3O2S. The number of nitrogens with one attached hydrogen (secondary N) is 1. The quantitative estimate of drug-likeness (QED) is 0.882. The van der Waals surface area contributed by atoms with E-state index in [0.717, 1.165) is 10.5 Å². The van der Waals surface area contributed by atoms with E-state index in [2.05, 4.69) is 10.3 Å². The van der Waals surface area contributed by atoms with Crippen LogP contribution in [0, 0.1) is 0 Å². The number of nitrogens with zero attached hydrogens (tertiary/aromatic N) is 2. The van der Waals surface area contributed by atoms with Crippen molar-refractivity contribution < 1.29 is 9.59 Å². The molecule has 2 heterocycles. The maximum atomic E-state index is 12.8. The first-order valence-corrected chi connectivity index (χ1v) is 7.19. The molecule has 0 saturated carbocycles. The predicted octanol–water partition coefficient (Wildman–Crippen LogP) is 2.50. The van der Waals surface area contributed by atoms with Gasteiger partial charge in [-0.15, -0.1) is 11.3 Å². The number of benzene rings is 1. The number of aromatic nitrogens is 1. The van der Waals surface area contributed by atoms with Gasteiger partial charge in [0.05, 0.1) is 0 Å². The van der Waals surface area contributed by atoms with Crippen LogP contribution in [0.2, 0.25) is 0 Å². The van der Waals surface area contributed by atoms with Crippen LogP contribution in [0.1, 0.15) is 18.9 Å². The molecule has 1 atom stereocenters. The third-order valence-electron chi connectivity index (χ3n) is 3.50. The summed E-state index contributed by atoms with van der Waals surface area (Å²) in [5.41, 5.74) is -0.204. The molecule has 1 aromatic heterocycles. The second kappa shape index (κ2) is 4.72. The summed E-state index contributed by atoms with van der Waals surface area (Å²) in [5.74, 6) is -0.272. The van der Waals surface area contributed by atoms with E-state index in [-0.39, 0.29) is 5.91 Å². The van der Waals surface area contributed by atoms with E-state index in [9.17, 15) is 9.59 Å². The molecule has 20 heavy (non-hydrogen) atoms. The van der Waals surface area contributed by atoms with Gasteiger partial charge in [-0.05, 0) is 12.0 Å². The van der Waals surface area contributed by atoms with Crippen molar-refractivity contribution in [2.75, 3.05) is 4.90 Å². The van der Waals surface area contributed by atoms with Crippen molar-refractivity contribution >= 4 is 28.4 Å². The first-order chi connectivity index (χ1) is 9.69. The monoisotopic (exact) mass is 287 g/mol. The molecular weight excluding hydrogens is 274 g/mol. The highest BCUT2D eigenvalue weighted by atomic mass is 32.1. The number of carbonyl (C=O) groups is 2. The number of hydrogen-bond donors (Lipinski definition) is 1. The van der Waals surface area contributed by atoms with Gasteiger partial charge in [0.1, 0.15) is 5.54 Å². The number of imide groups is 1. The van der Waals surface area contributed by atoms with Crippen molar-refractivity contribution in [3.8, 4) is 0 Å². The van der Waals surface area contributed by atoms with Crippen LogP contribution in [0.25, 0.3) is 0 Å². The fraction of sp³-hybridized carbons (Fsp3) is 0.214. The van der Waals surface area contributed by atoms with Crippen molar-refractivity contribution in [3.05, 3.63) is 47.5 Å². The van der Waals surface area contributed by atoms with E-state index in [0.29, 0.717) is 11.6 Å². The van der Waals surface area contributed by atoms with Gasteiger partial charge in [0.2, 0.25) is 5.13 Å². The fourth-order valence-electron chi connectivity index (χ4n) is 2.44. The minimum absolute atomic E-state index is 0.272. The summed E-state index contributed by atoms with van der Waals surface area (Å²) in [6.07, 6.45) is 2.07. The van der Waals surface area contributed by atoms with Crippen molar-refractivity contribution in [1.29, 1.82) is 0 Å². The van der Waals surface area contributed by atoms with Crippen molar-refractivity contribution in [2.24, 2.45) is 0 Å². The minimum atomic E-state index is -0.996. The van der Waals surface area contributed by atoms with Crippen LogP contribution < -0.4 is 10.2 Å². The van der Waals surface area contributed by atoms with Crippen molar-refractivity contribution in [3.63, 3.8) is 0 Å². The Balaban J connectivity index is 2.07. The van der Waals surface area contributed by atoms with E-state index in [1.54, 1.807) is 11.6 Å². The molecule has 1 aromatic carbocycles. The first-order valence-electron chi connectivity index (χ1n) is 6.31. The smallest absolute Gasteiger partial charge is 0.319 e. The largest absolute Gasteiger partial charge is 0.331 e. The molecule has 0 radical (unpaired) electrons. The third kappa shape index (κ3) is 1.72. The predicted molar refractivity (Wildman–Crippen MR) is 76.5 cm³/mol. The molecule has 1 unspecified atom stereocenters. The van der Waals surface area contributed by atoms with Crippen LogP contribution in [-0.4, -0.2) is 16.9 Å². The molecule has 1 saturated heterocycles. The summed E-state index contributed by atoms with van der Waals surface area (Å²) >= 11 is 1.27. The number of anilines is 1. The normalized spacial score (nSPS) is 22.1. The van der Waals surface area contributed by atoms with Gasteiger partial charge in [0, 0.05) is 11.6 Å². The van der Waals surface area contributed by atoms with Gasteiger partial charge in [-0.3, -0.25) is 4.79 Å². The van der Waals surface area contributed by atoms with Gasteiger partial charge in [0.15, 0.2) is 0 Å². The van der Waals surface area contributed by atoms with Gasteiger partial charge in [-0.1, -0.05) is 37.3 Å². The van der Waals surface area contributed by atoms with Crippen molar-refractivity contribution in [2.45, 2.75) is 18.9 Å². The number of rotatable bonds is 3. The molecule has 1 fully saturated rings. The number of carbonyl (C=O) groups excluding carboxylic acids is 2. The first kappa shape index (κ1) is 12.8. The minimum Gasteiger partial charge on any atom is -0.319 e. The molecule has 0 aliphatic carbocycles. The Morgan fingerprint density at radius 2 is 2.05 bits per heavy atom. The van der Waals surface area contributed by atoms with Crippen LogP contribution >= 0.6 is 11.3 Å². The highest BCUT2D eigenvalue weighted by Gasteiger charge is 2.52. The molecule has 0 spiro atoms. The lowest BCUT2D eigenvalue weighted by Gasteiger charge is -2.25. The van der Waals surface area contributed by atoms with E-state index in [4.69, 9.17) is 0 Å². The molecule has 6 heteroatoms. The third-order valence-corrected chi connectivity index (χ3v) is 4.26. The van der Waals surface area contributed by atoms with Crippen LogP contribution in [-0.2, 0) is 10.3 Å². The Morgan fingerprint density at radius 1 is 1.30 bits per heavy atom. The number of thiazole rings is 1. The van der Waals surface area contributed by atoms with Crippen LogP contribution in [0.3, 0.4) is 0 Å². The molecule has 0 bridgehead atoms. The number of hydrogen-bond acceptors (Lipinski definition) is 4. The summed E-state index contributed by atoms with van der Waals surface area (Å²) in [5, 5.41) is 4.97. The van der Waals surface area contributed by atoms with Gasteiger partial charge in [-0.2, -0.15) is 0 Å². The van der Waals surface area contributed by atoms with Gasteiger partial charge in [0.25, 0.3) is 5.91 Å². The van der Waals surface area contributed by atoms with Crippen LogP contribution in [0.5, 0.6) is 0 Å². The van der Waals surface area contributed by atoms with E-state index < -0.39 is 11.6 Å². The second-order valence-electron chi connectivity index (χ2n) is 4.51. The standard InChI is InChI=1S/C14H13N3O2S/c1-2-14(10-6-4-3-5-7-10)11(18)17(12(19)16-14)13-15-8-9-20-13/h3-9H,2H2,1H3,(H,16,19). The summed E-state index contributed by atoms with van der Waals surface area (Å²) in [6.45, 7) is 1.89. The van der Waals surface area contributed by atoms with Crippen molar-refractivity contribution in [1.82, 2.24) is 10.3 Å². The Hall–Kier alpha value is -2.21. The maximum absolute atomic E-state index is 12.8. The average Bonchev–Trinajstić information content (AvgIpc) is 3.07. The Kier molecular flexibility index (Phi) is 3.02. The van der Waals surface area contributed by atoms with Crippen LogP contribution in [0.15, 0.2) is 41.9 Å².